The fourth-order valence-electron chi connectivity index (χ4n) is 2.20. The van der Waals surface area contributed by atoms with Gasteiger partial charge in [-0.3, -0.25) is 0 Å². The van der Waals surface area contributed by atoms with Crippen LogP contribution in [-0.2, 0) is 19.3 Å². The highest BCUT2D eigenvalue weighted by molar-refractivity contribution is 14.0. The van der Waals surface area contributed by atoms with Crippen LogP contribution in [-0.4, -0.2) is 17.5 Å². The molecule has 2 N–H and O–H groups in total. The second-order valence-corrected chi connectivity index (χ2v) is 6.97. The molecule has 0 radical (unpaired) electrons. The number of rotatable bonds is 6. The fourth-order valence-corrected chi connectivity index (χ4v) is 3.04. The van der Waals surface area contributed by atoms with Gasteiger partial charge < -0.3 is 10.6 Å². The van der Waals surface area contributed by atoms with Crippen LogP contribution >= 0.6 is 35.3 Å². The van der Waals surface area contributed by atoms with Crippen molar-refractivity contribution in [3.05, 3.63) is 51.5 Å². The molecule has 0 bridgehead atoms. The predicted octanol–water partition coefficient (Wildman–Crippen LogP) is 5.16. The molecule has 0 saturated heterocycles. The Morgan fingerprint density at radius 1 is 1.26 bits per heavy atom. The molecule has 0 unspecified atom stereocenters. The van der Waals surface area contributed by atoms with Gasteiger partial charge in [0.05, 0.1) is 29.4 Å². The topological polar surface area (TPSA) is 49.3 Å². The molecule has 1 aromatic carbocycles. The van der Waals surface area contributed by atoms with Crippen molar-refractivity contribution in [2.45, 2.75) is 46.0 Å². The second-order valence-electron chi connectivity index (χ2n) is 6.08. The van der Waals surface area contributed by atoms with Crippen LogP contribution in [0.4, 0.5) is 13.2 Å². The molecule has 4 nitrogen and oxygen atoms in total. The van der Waals surface area contributed by atoms with Gasteiger partial charge in [-0.25, -0.2) is 9.98 Å². The van der Waals surface area contributed by atoms with Crippen LogP contribution in [0.3, 0.4) is 0 Å². The van der Waals surface area contributed by atoms with Gasteiger partial charge in [0.1, 0.15) is 0 Å². The molecule has 0 atom stereocenters. The molecule has 1 aromatic heterocycles. The quantitative estimate of drug-likeness (QED) is 0.320. The number of halogens is 4. The van der Waals surface area contributed by atoms with Gasteiger partial charge in [-0.2, -0.15) is 13.2 Å². The third-order valence-corrected chi connectivity index (χ3v) is 4.71. The van der Waals surface area contributed by atoms with Crippen LogP contribution in [0.15, 0.2) is 34.6 Å². The first kappa shape index (κ1) is 23.7. The number of thiazole rings is 1. The summed E-state index contributed by atoms with van der Waals surface area (Å²) >= 11 is 1.62. The zero-order chi connectivity index (χ0) is 19.2. The van der Waals surface area contributed by atoms with Gasteiger partial charge in [0.15, 0.2) is 5.96 Å². The average Bonchev–Trinajstić information content (AvgIpc) is 3.06. The molecule has 0 amide bonds. The van der Waals surface area contributed by atoms with Crippen molar-refractivity contribution in [1.82, 2.24) is 15.6 Å². The summed E-state index contributed by atoms with van der Waals surface area (Å²) in [7, 11) is 0. The van der Waals surface area contributed by atoms with Crippen LogP contribution < -0.4 is 10.6 Å². The van der Waals surface area contributed by atoms with Gasteiger partial charge in [-0.1, -0.05) is 26.0 Å². The highest BCUT2D eigenvalue weighted by Crippen LogP contribution is 2.29. The van der Waals surface area contributed by atoms with E-state index in [0.29, 0.717) is 30.5 Å². The monoisotopic (exact) mass is 512 g/mol. The smallest absolute Gasteiger partial charge is 0.357 e. The van der Waals surface area contributed by atoms with E-state index in [0.717, 1.165) is 22.8 Å². The number of hydrogen-bond donors (Lipinski definition) is 2. The largest absolute Gasteiger partial charge is 0.416 e. The summed E-state index contributed by atoms with van der Waals surface area (Å²) in [6.45, 7) is 7.45. The van der Waals surface area contributed by atoms with Crippen molar-refractivity contribution < 1.29 is 13.2 Å². The van der Waals surface area contributed by atoms with Gasteiger partial charge in [0, 0.05) is 17.8 Å². The Labute approximate surface area is 178 Å². The van der Waals surface area contributed by atoms with E-state index in [1.807, 2.05) is 12.3 Å². The lowest BCUT2D eigenvalue weighted by molar-refractivity contribution is -0.137. The molecule has 2 rings (SSSR count). The molecule has 9 heteroatoms. The van der Waals surface area contributed by atoms with Crippen LogP contribution in [0.5, 0.6) is 0 Å². The fraction of sp³-hybridized carbons (Fsp3) is 0.444. The first-order valence-electron chi connectivity index (χ1n) is 8.42. The minimum Gasteiger partial charge on any atom is -0.357 e. The standard InChI is InChI=1S/C18H23F3N4S.HI/c1-4-22-17(24-10-15-11-26-16(25-15)12(2)3)23-9-13-6-5-7-14(8-13)18(19,20)21;/h5-8,11-12H,4,9-10H2,1-3H3,(H2,22,23,24);1H. The number of guanidine groups is 1. The van der Waals surface area contributed by atoms with E-state index in [9.17, 15) is 13.2 Å². The molecule has 0 spiro atoms. The lowest BCUT2D eigenvalue weighted by Crippen LogP contribution is -2.36. The molecule has 150 valence electrons. The van der Waals surface area contributed by atoms with Crippen LogP contribution in [0, 0.1) is 0 Å². The van der Waals surface area contributed by atoms with Crippen molar-refractivity contribution in [3.8, 4) is 0 Å². The van der Waals surface area contributed by atoms with Crippen molar-refractivity contribution in [1.29, 1.82) is 0 Å². The summed E-state index contributed by atoms with van der Waals surface area (Å²) in [4.78, 5) is 8.91. The molecule has 0 fully saturated rings. The summed E-state index contributed by atoms with van der Waals surface area (Å²) in [5.41, 5.74) is 0.767. The van der Waals surface area contributed by atoms with Gasteiger partial charge in [0.25, 0.3) is 0 Å². The maximum Gasteiger partial charge on any atom is 0.416 e. The first-order valence-corrected chi connectivity index (χ1v) is 9.30. The number of hydrogen-bond acceptors (Lipinski definition) is 3. The maximum absolute atomic E-state index is 12.8. The highest BCUT2D eigenvalue weighted by Gasteiger charge is 2.30. The SMILES string of the molecule is CCNC(=NCc1cccc(C(F)(F)F)c1)NCc1csc(C(C)C)n1.I. The van der Waals surface area contributed by atoms with Crippen molar-refractivity contribution >= 4 is 41.3 Å². The molecule has 27 heavy (non-hydrogen) atoms. The number of aliphatic imine (C=N–C) groups is 1. The minimum absolute atomic E-state index is 0. The molecule has 0 aliphatic rings. The third kappa shape index (κ3) is 7.65. The Morgan fingerprint density at radius 2 is 2.00 bits per heavy atom. The van der Waals surface area contributed by atoms with Crippen molar-refractivity contribution in [3.63, 3.8) is 0 Å². The van der Waals surface area contributed by atoms with Gasteiger partial charge in [-0.15, -0.1) is 35.3 Å². The van der Waals surface area contributed by atoms with E-state index < -0.39 is 11.7 Å². The van der Waals surface area contributed by atoms with E-state index in [1.54, 1.807) is 17.4 Å². The molecule has 0 aliphatic carbocycles. The van der Waals surface area contributed by atoms with Gasteiger partial charge in [0.2, 0.25) is 0 Å². The Balaban J connectivity index is 0.00000364. The third-order valence-electron chi connectivity index (χ3n) is 3.52. The van der Waals surface area contributed by atoms with Crippen LogP contribution in [0.2, 0.25) is 0 Å². The van der Waals surface area contributed by atoms with E-state index in [-0.39, 0.29) is 30.5 Å². The number of aromatic nitrogens is 1. The number of nitrogens with zero attached hydrogens (tertiary/aromatic N) is 2. The Hall–Kier alpha value is -1.36. The van der Waals surface area contributed by atoms with E-state index in [2.05, 4.69) is 34.5 Å². The Kier molecular flexibility index (Phi) is 9.51. The zero-order valence-corrected chi connectivity index (χ0v) is 18.6. The molecule has 2 aromatic rings. The summed E-state index contributed by atoms with van der Waals surface area (Å²) < 4.78 is 38.4. The summed E-state index contributed by atoms with van der Waals surface area (Å²) in [5.74, 6) is 0.931. The molecular formula is C18H24F3IN4S. The normalized spacial score (nSPS) is 12.0. The van der Waals surface area contributed by atoms with Crippen LogP contribution in [0.25, 0.3) is 0 Å². The highest BCUT2D eigenvalue weighted by atomic mass is 127. The van der Waals surface area contributed by atoms with Gasteiger partial charge in [-0.05, 0) is 24.6 Å². The Morgan fingerprint density at radius 3 is 2.59 bits per heavy atom. The van der Waals surface area contributed by atoms with E-state index in [4.69, 9.17) is 0 Å². The maximum atomic E-state index is 12.8. The molecule has 0 saturated carbocycles. The lowest BCUT2D eigenvalue weighted by atomic mass is 10.1. The predicted molar refractivity (Wildman–Crippen MR) is 115 cm³/mol. The van der Waals surface area contributed by atoms with Gasteiger partial charge >= 0.3 is 6.18 Å². The lowest BCUT2D eigenvalue weighted by Gasteiger charge is -2.11. The first-order chi connectivity index (χ1) is 12.3. The molecule has 1 heterocycles. The van der Waals surface area contributed by atoms with Crippen molar-refractivity contribution in [2.24, 2.45) is 4.99 Å². The molecule has 0 aliphatic heterocycles. The van der Waals surface area contributed by atoms with E-state index in [1.165, 1.54) is 6.07 Å². The number of benzene rings is 1. The number of alkyl halides is 3. The second kappa shape index (κ2) is 10.8. The summed E-state index contributed by atoms with van der Waals surface area (Å²) in [6.07, 6.45) is -4.35. The van der Waals surface area contributed by atoms with Crippen LogP contribution in [0.1, 0.15) is 48.5 Å². The minimum atomic E-state index is -4.35. The number of nitrogens with one attached hydrogen (secondary N) is 2. The van der Waals surface area contributed by atoms with Crippen molar-refractivity contribution in [2.75, 3.05) is 6.54 Å². The summed E-state index contributed by atoms with van der Waals surface area (Å²) in [6, 6.07) is 5.22. The average molecular weight is 512 g/mol. The zero-order valence-electron chi connectivity index (χ0n) is 15.4. The molecular weight excluding hydrogens is 488 g/mol. The van der Waals surface area contributed by atoms with E-state index >= 15 is 0 Å². The Bertz CT molecular complexity index is 744. The summed E-state index contributed by atoms with van der Waals surface area (Å²) in [5, 5.41) is 9.33.